The van der Waals surface area contributed by atoms with Gasteiger partial charge in [-0.05, 0) is 12.1 Å². The Morgan fingerprint density at radius 1 is 1.26 bits per heavy atom. The van der Waals surface area contributed by atoms with Gasteiger partial charge in [0.25, 0.3) is 0 Å². The third-order valence-corrected chi connectivity index (χ3v) is 2.55. The molecule has 0 N–H and O–H groups in total. The van der Waals surface area contributed by atoms with E-state index in [0.29, 0.717) is 5.52 Å². The molecule has 1 heterocycles. The van der Waals surface area contributed by atoms with Gasteiger partial charge >= 0.3 is 6.18 Å². The predicted octanol–water partition coefficient (Wildman–Crippen LogP) is 3.32. The molecule has 1 aromatic heterocycles. The maximum Gasteiger partial charge on any atom is 0.407 e. The summed E-state index contributed by atoms with van der Waals surface area (Å²) in [6.45, 7) is -0.740. The van der Waals surface area contributed by atoms with E-state index in [1.54, 1.807) is 24.3 Å². The van der Waals surface area contributed by atoms with Crippen molar-refractivity contribution in [2.75, 3.05) is 6.61 Å². The lowest BCUT2D eigenvalue weighted by Crippen LogP contribution is -2.27. The van der Waals surface area contributed by atoms with Crippen LogP contribution in [0.3, 0.4) is 0 Å². The van der Waals surface area contributed by atoms with Crippen LogP contribution in [0.25, 0.3) is 10.9 Å². The van der Waals surface area contributed by atoms with E-state index in [4.69, 9.17) is 10.00 Å². The van der Waals surface area contributed by atoms with Crippen molar-refractivity contribution in [2.45, 2.75) is 6.18 Å². The fourth-order valence-corrected chi connectivity index (χ4v) is 1.57. The van der Waals surface area contributed by atoms with Crippen molar-refractivity contribution in [3.05, 3.63) is 36.5 Å². The first-order valence-electron chi connectivity index (χ1n) is 5.45. The minimum Gasteiger partial charge on any atom is -0.490 e. The maximum absolute atomic E-state index is 12.4. The van der Waals surface area contributed by atoms with Gasteiger partial charge in [0.2, 0.25) is 0 Å². The number of para-hydroxylation sites is 1. The third-order valence-electron chi connectivity index (χ3n) is 2.55. The monoisotopic (exact) mass is 266 g/mol. The summed E-state index contributed by atoms with van der Waals surface area (Å²) in [5, 5.41) is 9.25. The number of alkyl halides is 3. The number of aromatic nitrogens is 1. The summed E-state index contributed by atoms with van der Waals surface area (Å²) in [4.78, 5) is 4.06. The fraction of sp³-hybridized carbons (Fsp3) is 0.231. The van der Waals surface area contributed by atoms with E-state index >= 15 is 0 Å². The van der Waals surface area contributed by atoms with E-state index in [9.17, 15) is 13.2 Å². The molecule has 0 aliphatic rings. The van der Waals surface area contributed by atoms with Gasteiger partial charge in [-0.2, -0.15) is 18.4 Å². The zero-order chi connectivity index (χ0) is 13.9. The number of nitriles is 1. The molecule has 0 fully saturated rings. The minimum atomic E-state index is -4.59. The van der Waals surface area contributed by atoms with Gasteiger partial charge < -0.3 is 4.74 Å². The average Bonchev–Trinajstić information content (AvgIpc) is 2.38. The molecular formula is C13H9F3N2O. The highest BCUT2D eigenvalue weighted by Gasteiger charge is 2.40. The molecule has 3 nitrogen and oxygen atoms in total. The smallest absolute Gasteiger partial charge is 0.407 e. The second-order valence-electron chi connectivity index (χ2n) is 3.87. The Kier molecular flexibility index (Phi) is 3.56. The summed E-state index contributed by atoms with van der Waals surface area (Å²) in [5.74, 6) is -1.91. The Morgan fingerprint density at radius 3 is 2.68 bits per heavy atom. The largest absolute Gasteiger partial charge is 0.490 e. The third kappa shape index (κ3) is 2.94. The van der Waals surface area contributed by atoms with Gasteiger partial charge in [0.15, 0.2) is 5.92 Å². The lowest BCUT2D eigenvalue weighted by Gasteiger charge is -2.14. The van der Waals surface area contributed by atoms with Gasteiger partial charge in [0.05, 0.1) is 6.07 Å². The van der Waals surface area contributed by atoms with Crippen molar-refractivity contribution in [3.63, 3.8) is 0 Å². The number of hydrogen-bond acceptors (Lipinski definition) is 3. The van der Waals surface area contributed by atoms with Crippen LogP contribution in [0, 0.1) is 17.2 Å². The summed E-state index contributed by atoms with van der Waals surface area (Å²) in [5.41, 5.74) is 0.476. The molecule has 2 rings (SSSR count). The summed E-state index contributed by atoms with van der Waals surface area (Å²) < 4.78 is 42.4. The molecule has 2 aromatic rings. The molecular weight excluding hydrogens is 257 g/mol. The number of rotatable bonds is 3. The second kappa shape index (κ2) is 5.14. The van der Waals surface area contributed by atoms with E-state index in [1.807, 2.05) is 0 Å². The van der Waals surface area contributed by atoms with E-state index in [1.165, 1.54) is 18.3 Å². The van der Waals surface area contributed by atoms with Crippen LogP contribution in [-0.4, -0.2) is 17.8 Å². The first-order chi connectivity index (χ1) is 9.02. The molecule has 6 heteroatoms. The summed E-state index contributed by atoms with van der Waals surface area (Å²) in [7, 11) is 0. The summed E-state index contributed by atoms with van der Waals surface area (Å²) >= 11 is 0. The lowest BCUT2D eigenvalue weighted by molar-refractivity contribution is -0.165. The second-order valence-corrected chi connectivity index (χ2v) is 3.87. The number of benzene rings is 1. The first-order valence-corrected chi connectivity index (χ1v) is 5.45. The van der Waals surface area contributed by atoms with Gasteiger partial charge in [0, 0.05) is 11.6 Å². The van der Waals surface area contributed by atoms with Crippen molar-refractivity contribution >= 4 is 10.9 Å². The number of ether oxygens (including phenoxy) is 1. The molecule has 0 aliphatic heterocycles. The van der Waals surface area contributed by atoms with E-state index < -0.39 is 18.7 Å². The van der Waals surface area contributed by atoms with Crippen molar-refractivity contribution in [2.24, 2.45) is 5.92 Å². The maximum atomic E-state index is 12.4. The van der Waals surface area contributed by atoms with E-state index in [0.717, 1.165) is 5.39 Å². The zero-order valence-electron chi connectivity index (χ0n) is 9.69. The highest BCUT2D eigenvalue weighted by molar-refractivity contribution is 5.84. The number of halogens is 3. The Balaban J connectivity index is 2.21. The highest BCUT2D eigenvalue weighted by Crippen LogP contribution is 2.28. The van der Waals surface area contributed by atoms with E-state index in [-0.39, 0.29) is 5.75 Å². The molecule has 98 valence electrons. The molecule has 0 saturated heterocycles. The topological polar surface area (TPSA) is 45.9 Å². The molecule has 0 radical (unpaired) electrons. The molecule has 0 bridgehead atoms. The number of pyridine rings is 1. The molecule has 19 heavy (non-hydrogen) atoms. The predicted molar refractivity (Wildman–Crippen MR) is 62.4 cm³/mol. The summed E-state index contributed by atoms with van der Waals surface area (Å²) in [6, 6.07) is 9.66. The molecule has 1 unspecified atom stereocenters. The quantitative estimate of drug-likeness (QED) is 0.856. The Morgan fingerprint density at radius 2 is 2.00 bits per heavy atom. The fourth-order valence-electron chi connectivity index (χ4n) is 1.57. The van der Waals surface area contributed by atoms with Gasteiger partial charge in [-0.25, -0.2) is 0 Å². The van der Waals surface area contributed by atoms with Crippen molar-refractivity contribution in [1.82, 2.24) is 4.98 Å². The minimum absolute atomic E-state index is 0.239. The van der Waals surface area contributed by atoms with Gasteiger partial charge in [-0.1, -0.05) is 18.2 Å². The molecule has 0 amide bonds. The van der Waals surface area contributed by atoms with Crippen LogP contribution in [-0.2, 0) is 0 Å². The number of hydrogen-bond donors (Lipinski definition) is 0. The number of nitrogens with zero attached hydrogens (tertiary/aromatic N) is 2. The normalized spacial score (nSPS) is 12.9. The highest BCUT2D eigenvalue weighted by atomic mass is 19.4. The van der Waals surface area contributed by atoms with Crippen LogP contribution in [0.15, 0.2) is 36.5 Å². The zero-order valence-corrected chi connectivity index (χ0v) is 9.69. The van der Waals surface area contributed by atoms with Crippen LogP contribution in [0.1, 0.15) is 0 Å². The van der Waals surface area contributed by atoms with Crippen LogP contribution >= 0.6 is 0 Å². The van der Waals surface area contributed by atoms with Crippen molar-refractivity contribution in [3.8, 4) is 11.8 Å². The first kappa shape index (κ1) is 13.1. The van der Waals surface area contributed by atoms with Crippen LogP contribution in [0.5, 0.6) is 5.75 Å². The van der Waals surface area contributed by atoms with Gasteiger partial charge in [0.1, 0.15) is 17.9 Å². The number of fused-ring (bicyclic) bond motifs is 1. The SMILES string of the molecule is N#CC(COc1cccc2cccnc12)C(F)(F)F. The van der Waals surface area contributed by atoms with Crippen LogP contribution in [0.2, 0.25) is 0 Å². The molecule has 1 atom stereocenters. The Labute approximate surface area is 107 Å². The summed E-state index contributed by atoms with van der Waals surface area (Å²) in [6.07, 6.45) is -3.06. The average molecular weight is 266 g/mol. The molecule has 0 saturated carbocycles. The van der Waals surface area contributed by atoms with Crippen LogP contribution < -0.4 is 4.74 Å². The Hall–Kier alpha value is -2.29. The van der Waals surface area contributed by atoms with Crippen molar-refractivity contribution < 1.29 is 17.9 Å². The molecule has 0 spiro atoms. The molecule has 1 aromatic carbocycles. The van der Waals surface area contributed by atoms with E-state index in [2.05, 4.69) is 4.98 Å². The lowest BCUT2D eigenvalue weighted by atomic mass is 10.2. The van der Waals surface area contributed by atoms with Crippen molar-refractivity contribution in [1.29, 1.82) is 5.26 Å². The molecule has 0 aliphatic carbocycles. The van der Waals surface area contributed by atoms with Gasteiger partial charge in [-0.3, -0.25) is 4.98 Å². The van der Waals surface area contributed by atoms with Crippen LogP contribution in [0.4, 0.5) is 13.2 Å². The standard InChI is InChI=1S/C13H9F3N2O/c14-13(15,16)10(7-17)8-19-11-5-1-3-9-4-2-6-18-12(9)11/h1-6,10H,8H2. The van der Waals surface area contributed by atoms with Gasteiger partial charge in [-0.15, -0.1) is 0 Å². The Bertz CT molecular complexity index is 614.